The number of fused-ring (bicyclic) bond motifs is 2. The fourth-order valence-electron chi connectivity index (χ4n) is 5.92. The number of carbonyl (C=O) groups is 2. The fourth-order valence-corrected chi connectivity index (χ4v) is 5.92. The molecule has 2 amide bonds. The van der Waals surface area contributed by atoms with E-state index in [-0.39, 0.29) is 37.2 Å². The lowest BCUT2D eigenvalue weighted by molar-refractivity contribution is -0.127. The standard InChI is InChI=1S/C30H35N5O4/c1-18-7-8-19(2)21(11-18)14-34-16-32-24-13-25(29(36)33-23-6-4-3-5-22(23)31)35(15-26(24)34)30(37)20-9-10-27-28(12-20)39-17-38-27/h7-12,16,22-23,25H,3-6,13-15,17,31H2,1-2H3,(H,33,36). The molecule has 2 aliphatic heterocycles. The number of nitrogens with two attached hydrogens (primary N) is 1. The molecule has 1 aliphatic carbocycles. The maximum absolute atomic E-state index is 14.0. The molecule has 0 radical (unpaired) electrons. The molecule has 0 saturated heterocycles. The van der Waals surface area contributed by atoms with Crippen LogP contribution in [0.3, 0.4) is 0 Å². The van der Waals surface area contributed by atoms with Gasteiger partial charge < -0.3 is 30.0 Å². The monoisotopic (exact) mass is 529 g/mol. The van der Waals surface area contributed by atoms with Gasteiger partial charge in [-0.15, -0.1) is 0 Å². The Labute approximate surface area is 228 Å². The molecule has 0 bridgehead atoms. The number of nitrogens with one attached hydrogen (secondary N) is 1. The molecule has 3 heterocycles. The molecule has 3 N–H and O–H groups in total. The molecule has 1 aromatic heterocycles. The normalized spacial score (nSPS) is 21.9. The van der Waals surface area contributed by atoms with E-state index < -0.39 is 6.04 Å². The van der Waals surface area contributed by atoms with Crippen molar-refractivity contribution in [2.45, 2.75) is 77.2 Å². The van der Waals surface area contributed by atoms with E-state index in [1.807, 2.05) is 6.33 Å². The Morgan fingerprint density at radius 2 is 1.90 bits per heavy atom. The summed E-state index contributed by atoms with van der Waals surface area (Å²) < 4.78 is 13.0. The van der Waals surface area contributed by atoms with Crippen LogP contribution >= 0.6 is 0 Å². The van der Waals surface area contributed by atoms with Crippen LogP contribution in [0, 0.1) is 13.8 Å². The first kappa shape index (κ1) is 25.4. The maximum atomic E-state index is 14.0. The molecule has 9 heteroatoms. The molecular weight excluding hydrogens is 494 g/mol. The second-order valence-electron chi connectivity index (χ2n) is 11.0. The van der Waals surface area contributed by atoms with Crippen molar-refractivity contribution >= 4 is 11.8 Å². The third-order valence-corrected chi connectivity index (χ3v) is 8.29. The second kappa shape index (κ2) is 10.4. The topological polar surface area (TPSA) is 112 Å². The number of rotatable bonds is 5. The molecule has 1 saturated carbocycles. The number of hydrogen-bond acceptors (Lipinski definition) is 6. The van der Waals surface area contributed by atoms with E-state index in [0.29, 0.717) is 30.0 Å². The highest BCUT2D eigenvalue weighted by Gasteiger charge is 2.39. The molecule has 39 heavy (non-hydrogen) atoms. The molecule has 0 spiro atoms. The van der Waals surface area contributed by atoms with E-state index in [4.69, 9.17) is 20.2 Å². The number of nitrogens with zero attached hydrogens (tertiary/aromatic N) is 3. The Morgan fingerprint density at radius 1 is 1.08 bits per heavy atom. The van der Waals surface area contributed by atoms with Gasteiger partial charge in [0.1, 0.15) is 6.04 Å². The number of benzene rings is 2. The van der Waals surface area contributed by atoms with Gasteiger partial charge in [0.15, 0.2) is 11.5 Å². The molecule has 204 valence electrons. The Kier molecular flexibility index (Phi) is 6.76. The summed E-state index contributed by atoms with van der Waals surface area (Å²) in [6.07, 6.45) is 6.03. The average Bonchev–Trinajstić information content (AvgIpc) is 3.57. The van der Waals surface area contributed by atoms with Crippen LogP contribution in [0.4, 0.5) is 0 Å². The maximum Gasteiger partial charge on any atom is 0.255 e. The van der Waals surface area contributed by atoms with Crippen LogP contribution in [0.15, 0.2) is 42.7 Å². The van der Waals surface area contributed by atoms with E-state index in [2.05, 4.69) is 41.9 Å². The number of amides is 2. The van der Waals surface area contributed by atoms with Gasteiger partial charge in [-0.1, -0.05) is 36.6 Å². The van der Waals surface area contributed by atoms with Gasteiger partial charge in [0.05, 0.1) is 24.3 Å². The van der Waals surface area contributed by atoms with Crippen LogP contribution in [-0.4, -0.2) is 51.2 Å². The van der Waals surface area contributed by atoms with Crippen LogP contribution in [0.25, 0.3) is 0 Å². The van der Waals surface area contributed by atoms with E-state index in [1.54, 1.807) is 23.1 Å². The van der Waals surface area contributed by atoms with Crippen molar-refractivity contribution in [2.24, 2.45) is 5.73 Å². The SMILES string of the molecule is Cc1ccc(C)c(Cn2cnc3c2CN(C(=O)c2ccc4c(c2)OCO4)C(C(=O)NC2CCCCC2N)C3)c1. The Bertz CT molecular complexity index is 1420. The predicted octanol–water partition coefficient (Wildman–Crippen LogP) is 3.23. The summed E-state index contributed by atoms with van der Waals surface area (Å²) in [5, 5.41) is 3.17. The first-order chi connectivity index (χ1) is 18.9. The lowest BCUT2D eigenvalue weighted by Gasteiger charge is -2.37. The molecular formula is C30H35N5O4. The largest absolute Gasteiger partial charge is 0.454 e. The van der Waals surface area contributed by atoms with Gasteiger partial charge in [0.25, 0.3) is 5.91 Å². The van der Waals surface area contributed by atoms with Crippen LogP contribution < -0.4 is 20.5 Å². The molecule has 3 unspecified atom stereocenters. The highest BCUT2D eigenvalue weighted by atomic mass is 16.7. The van der Waals surface area contributed by atoms with Crippen LogP contribution in [-0.2, 0) is 24.3 Å². The van der Waals surface area contributed by atoms with Gasteiger partial charge in [-0.25, -0.2) is 4.98 Å². The minimum absolute atomic E-state index is 0.0726. The van der Waals surface area contributed by atoms with E-state index in [0.717, 1.165) is 37.1 Å². The quantitative estimate of drug-likeness (QED) is 0.525. The average molecular weight is 530 g/mol. The zero-order valence-electron chi connectivity index (χ0n) is 22.5. The predicted molar refractivity (Wildman–Crippen MR) is 146 cm³/mol. The van der Waals surface area contributed by atoms with Crippen molar-refractivity contribution in [1.29, 1.82) is 0 Å². The number of carbonyl (C=O) groups excluding carboxylic acids is 2. The summed E-state index contributed by atoms with van der Waals surface area (Å²) in [4.78, 5) is 34.0. The van der Waals surface area contributed by atoms with Crippen molar-refractivity contribution in [2.75, 3.05) is 6.79 Å². The summed E-state index contributed by atoms with van der Waals surface area (Å²) in [5.41, 5.74) is 12.2. The first-order valence-corrected chi connectivity index (χ1v) is 13.7. The van der Waals surface area contributed by atoms with Crippen molar-refractivity contribution in [3.63, 3.8) is 0 Å². The lowest BCUT2D eigenvalue weighted by atomic mass is 9.90. The van der Waals surface area contributed by atoms with Gasteiger partial charge in [0.2, 0.25) is 12.7 Å². The van der Waals surface area contributed by atoms with E-state index in [9.17, 15) is 9.59 Å². The Morgan fingerprint density at radius 3 is 2.74 bits per heavy atom. The number of aryl methyl sites for hydroxylation is 2. The van der Waals surface area contributed by atoms with Gasteiger partial charge in [-0.05, 0) is 56.0 Å². The smallest absolute Gasteiger partial charge is 0.255 e. The number of ether oxygens (including phenoxy) is 2. The minimum Gasteiger partial charge on any atom is -0.454 e. The van der Waals surface area contributed by atoms with E-state index >= 15 is 0 Å². The van der Waals surface area contributed by atoms with Crippen LogP contribution in [0.1, 0.15) is 64.1 Å². The van der Waals surface area contributed by atoms with Gasteiger partial charge in [-0.3, -0.25) is 9.59 Å². The summed E-state index contributed by atoms with van der Waals surface area (Å²) in [6.45, 7) is 5.24. The van der Waals surface area contributed by atoms with Crippen LogP contribution in [0.5, 0.6) is 11.5 Å². The zero-order valence-corrected chi connectivity index (χ0v) is 22.5. The van der Waals surface area contributed by atoms with Gasteiger partial charge >= 0.3 is 0 Å². The zero-order chi connectivity index (χ0) is 27.1. The molecule has 9 nitrogen and oxygen atoms in total. The van der Waals surface area contributed by atoms with Crippen molar-refractivity contribution in [3.05, 3.63) is 76.4 Å². The third kappa shape index (κ3) is 4.98. The Hall–Kier alpha value is -3.85. The fraction of sp³-hybridized carbons (Fsp3) is 0.433. The molecule has 3 aliphatic rings. The Balaban J connectivity index is 1.31. The highest BCUT2D eigenvalue weighted by Crippen LogP contribution is 2.34. The summed E-state index contributed by atoms with van der Waals surface area (Å²) in [7, 11) is 0. The molecule has 2 aromatic carbocycles. The summed E-state index contributed by atoms with van der Waals surface area (Å²) in [6, 6.07) is 10.7. The van der Waals surface area contributed by atoms with Crippen molar-refractivity contribution < 1.29 is 19.1 Å². The number of imidazole rings is 1. The lowest BCUT2D eigenvalue weighted by Crippen LogP contribution is -2.57. The molecule has 3 atom stereocenters. The molecule has 3 aromatic rings. The second-order valence-corrected chi connectivity index (χ2v) is 11.0. The van der Waals surface area contributed by atoms with Crippen molar-refractivity contribution in [1.82, 2.24) is 19.8 Å². The van der Waals surface area contributed by atoms with Gasteiger partial charge in [-0.2, -0.15) is 0 Å². The summed E-state index contributed by atoms with van der Waals surface area (Å²) in [5.74, 6) is 0.736. The number of hydrogen-bond donors (Lipinski definition) is 2. The first-order valence-electron chi connectivity index (χ1n) is 13.7. The minimum atomic E-state index is -0.686. The molecule has 1 fully saturated rings. The summed E-state index contributed by atoms with van der Waals surface area (Å²) >= 11 is 0. The number of aromatic nitrogens is 2. The van der Waals surface area contributed by atoms with Crippen molar-refractivity contribution in [3.8, 4) is 11.5 Å². The van der Waals surface area contributed by atoms with E-state index in [1.165, 1.54) is 16.7 Å². The molecule has 6 rings (SSSR count). The van der Waals surface area contributed by atoms with Crippen LogP contribution in [0.2, 0.25) is 0 Å². The third-order valence-electron chi connectivity index (χ3n) is 8.29. The highest BCUT2D eigenvalue weighted by molar-refractivity contribution is 5.98. The van der Waals surface area contributed by atoms with Gasteiger partial charge in [0, 0.05) is 30.6 Å².